The van der Waals surface area contributed by atoms with Crippen LogP contribution in [-0.4, -0.2) is 17.6 Å². The molecule has 1 aromatic rings. The van der Waals surface area contributed by atoms with Gasteiger partial charge < -0.3 is 15.7 Å². The molecular formula is C11H13FN2O2. The molecule has 5 heteroatoms. The molecule has 2 rings (SSSR count). The van der Waals surface area contributed by atoms with Crippen molar-refractivity contribution in [3.05, 3.63) is 29.6 Å². The molecule has 0 unspecified atom stereocenters. The van der Waals surface area contributed by atoms with Gasteiger partial charge in [0.15, 0.2) is 5.84 Å². The van der Waals surface area contributed by atoms with Crippen LogP contribution in [0.1, 0.15) is 18.4 Å². The van der Waals surface area contributed by atoms with Crippen LogP contribution in [0, 0.1) is 11.7 Å². The third-order valence-electron chi connectivity index (χ3n) is 2.50. The van der Waals surface area contributed by atoms with Gasteiger partial charge in [0.05, 0.1) is 12.2 Å². The zero-order chi connectivity index (χ0) is 11.5. The Labute approximate surface area is 92.5 Å². The second-order valence-electron chi connectivity index (χ2n) is 3.88. The molecular weight excluding hydrogens is 211 g/mol. The fraction of sp³-hybridized carbons (Fsp3) is 0.364. The van der Waals surface area contributed by atoms with Gasteiger partial charge >= 0.3 is 0 Å². The molecule has 0 aromatic heterocycles. The molecule has 0 atom stereocenters. The summed E-state index contributed by atoms with van der Waals surface area (Å²) in [5.74, 6) is 0.444. The highest BCUT2D eigenvalue weighted by Gasteiger charge is 2.22. The Hall–Kier alpha value is -1.78. The van der Waals surface area contributed by atoms with Crippen molar-refractivity contribution in [2.45, 2.75) is 12.8 Å². The summed E-state index contributed by atoms with van der Waals surface area (Å²) >= 11 is 0. The summed E-state index contributed by atoms with van der Waals surface area (Å²) in [4.78, 5) is 0. The minimum atomic E-state index is -0.444. The van der Waals surface area contributed by atoms with Gasteiger partial charge in [0.1, 0.15) is 11.6 Å². The standard InChI is InChI=1S/C11H13FN2O2/c12-8-3-4-10(16-6-7-1-2-7)9(5-8)11(13)14-15/h3-5,7,15H,1-2,6H2,(H2,13,14). The summed E-state index contributed by atoms with van der Waals surface area (Å²) in [6.45, 7) is 0.595. The van der Waals surface area contributed by atoms with Gasteiger partial charge in [-0.15, -0.1) is 0 Å². The normalized spacial score (nSPS) is 16.2. The van der Waals surface area contributed by atoms with E-state index in [1.807, 2.05) is 0 Å². The molecule has 1 aromatic carbocycles. The average Bonchev–Trinajstić information content (AvgIpc) is 3.10. The van der Waals surface area contributed by atoms with Crippen molar-refractivity contribution >= 4 is 5.84 Å². The third-order valence-corrected chi connectivity index (χ3v) is 2.50. The highest BCUT2D eigenvalue weighted by Crippen LogP contribution is 2.30. The largest absolute Gasteiger partial charge is 0.493 e. The molecule has 16 heavy (non-hydrogen) atoms. The van der Waals surface area contributed by atoms with Gasteiger partial charge in [0, 0.05) is 0 Å². The fourth-order valence-corrected chi connectivity index (χ4v) is 1.37. The number of hydrogen-bond donors (Lipinski definition) is 2. The monoisotopic (exact) mass is 224 g/mol. The van der Waals surface area contributed by atoms with Crippen LogP contribution >= 0.6 is 0 Å². The van der Waals surface area contributed by atoms with E-state index in [9.17, 15) is 4.39 Å². The van der Waals surface area contributed by atoms with E-state index in [1.54, 1.807) is 0 Å². The molecule has 1 fully saturated rings. The van der Waals surface area contributed by atoms with Crippen molar-refractivity contribution in [3.63, 3.8) is 0 Å². The van der Waals surface area contributed by atoms with Crippen LogP contribution in [0.15, 0.2) is 23.4 Å². The highest BCUT2D eigenvalue weighted by molar-refractivity contribution is 5.99. The van der Waals surface area contributed by atoms with Crippen molar-refractivity contribution < 1.29 is 14.3 Å². The number of hydrogen-bond acceptors (Lipinski definition) is 3. The molecule has 1 aliphatic rings. The first-order valence-corrected chi connectivity index (χ1v) is 5.11. The number of nitrogens with two attached hydrogens (primary N) is 1. The number of nitrogens with zero attached hydrogens (tertiary/aromatic N) is 1. The fourth-order valence-electron chi connectivity index (χ4n) is 1.37. The van der Waals surface area contributed by atoms with Gasteiger partial charge in [-0.25, -0.2) is 4.39 Å². The summed E-state index contributed by atoms with van der Waals surface area (Å²) in [6.07, 6.45) is 2.33. The highest BCUT2D eigenvalue weighted by atomic mass is 19.1. The van der Waals surface area contributed by atoms with Gasteiger partial charge in [-0.05, 0) is 37.0 Å². The van der Waals surface area contributed by atoms with Crippen LogP contribution < -0.4 is 10.5 Å². The minimum Gasteiger partial charge on any atom is -0.493 e. The van der Waals surface area contributed by atoms with Crippen molar-refractivity contribution in [2.24, 2.45) is 16.8 Å². The molecule has 4 nitrogen and oxygen atoms in total. The van der Waals surface area contributed by atoms with E-state index < -0.39 is 5.82 Å². The van der Waals surface area contributed by atoms with Gasteiger partial charge in [-0.2, -0.15) is 0 Å². The van der Waals surface area contributed by atoms with Crippen LogP contribution in [0.4, 0.5) is 4.39 Å². The van der Waals surface area contributed by atoms with E-state index >= 15 is 0 Å². The van der Waals surface area contributed by atoms with Crippen LogP contribution in [0.25, 0.3) is 0 Å². The first-order valence-electron chi connectivity index (χ1n) is 5.11. The first-order chi connectivity index (χ1) is 7.70. The molecule has 0 amide bonds. The van der Waals surface area contributed by atoms with E-state index in [1.165, 1.54) is 31.0 Å². The van der Waals surface area contributed by atoms with Gasteiger partial charge in [-0.3, -0.25) is 0 Å². The maximum atomic E-state index is 13.0. The van der Waals surface area contributed by atoms with Crippen molar-refractivity contribution in [1.29, 1.82) is 0 Å². The zero-order valence-corrected chi connectivity index (χ0v) is 8.69. The molecule has 0 aliphatic heterocycles. The van der Waals surface area contributed by atoms with E-state index in [0.29, 0.717) is 18.3 Å². The van der Waals surface area contributed by atoms with E-state index in [4.69, 9.17) is 15.7 Å². The molecule has 1 aliphatic carbocycles. The topological polar surface area (TPSA) is 67.8 Å². The summed E-state index contributed by atoms with van der Waals surface area (Å²) in [6, 6.07) is 3.97. The lowest BCUT2D eigenvalue weighted by Crippen LogP contribution is -2.15. The summed E-state index contributed by atoms with van der Waals surface area (Å²) in [5.41, 5.74) is 5.72. The minimum absolute atomic E-state index is 0.148. The molecule has 1 saturated carbocycles. The lowest BCUT2D eigenvalue weighted by atomic mass is 10.2. The Morgan fingerprint density at radius 2 is 2.31 bits per heavy atom. The second kappa shape index (κ2) is 4.38. The average molecular weight is 224 g/mol. The third kappa shape index (κ3) is 2.42. The van der Waals surface area contributed by atoms with Crippen molar-refractivity contribution in [3.8, 4) is 5.75 Å². The Balaban J connectivity index is 2.20. The molecule has 0 saturated heterocycles. The molecule has 3 N–H and O–H groups in total. The molecule has 0 radical (unpaired) electrons. The van der Waals surface area contributed by atoms with Crippen molar-refractivity contribution in [1.82, 2.24) is 0 Å². The smallest absolute Gasteiger partial charge is 0.173 e. The number of oxime groups is 1. The van der Waals surface area contributed by atoms with Crippen LogP contribution in [0.5, 0.6) is 5.75 Å². The van der Waals surface area contributed by atoms with Crippen LogP contribution in [0.2, 0.25) is 0 Å². The Kier molecular flexibility index (Phi) is 2.94. The SMILES string of the molecule is NC(=NO)c1cc(F)ccc1OCC1CC1. The number of benzene rings is 1. The lowest BCUT2D eigenvalue weighted by Gasteiger charge is -2.10. The zero-order valence-electron chi connectivity index (χ0n) is 8.69. The summed E-state index contributed by atoms with van der Waals surface area (Å²) < 4.78 is 18.5. The number of amidine groups is 1. The summed E-state index contributed by atoms with van der Waals surface area (Å²) in [7, 11) is 0. The quantitative estimate of drug-likeness (QED) is 0.354. The van der Waals surface area contributed by atoms with Gasteiger partial charge in [0.25, 0.3) is 0 Å². The van der Waals surface area contributed by atoms with E-state index in [2.05, 4.69) is 5.16 Å². The Morgan fingerprint density at radius 3 is 2.94 bits per heavy atom. The predicted molar refractivity (Wildman–Crippen MR) is 57.1 cm³/mol. The van der Waals surface area contributed by atoms with E-state index in [0.717, 1.165) is 0 Å². The molecule has 0 bridgehead atoms. The number of ether oxygens (including phenoxy) is 1. The molecule has 0 heterocycles. The second-order valence-corrected chi connectivity index (χ2v) is 3.88. The van der Waals surface area contributed by atoms with Crippen molar-refractivity contribution in [2.75, 3.05) is 6.61 Å². The Bertz CT molecular complexity index is 416. The predicted octanol–water partition coefficient (Wildman–Crippen LogP) is 1.71. The number of halogens is 1. The Morgan fingerprint density at radius 1 is 1.56 bits per heavy atom. The van der Waals surface area contributed by atoms with Gasteiger partial charge in [-0.1, -0.05) is 5.16 Å². The first kappa shape index (κ1) is 10.7. The van der Waals surface area contributed by atoms with Crippen LogP contribution in [0.3, 0.4) is 0 Å². The molecule has 86 valence electrons. The van der Waals surface area contributed by atoms with Crippen LogP contribution in [-0.2, 0) is 0 Å². The van der Waals surface area contributed by atoms with E-state index in [-0.39, 0.29) is 11.4 Å². The maximum Gasteiger partial charge on any atom is 0.173 e. The van der Waals surface area contributed by atoms with Gasteiger partial charge in [0.2, 0.25) is 0 Å². The molecule has 0 spiro atoms. The summed E-state index contributed by atoms with van der Waals surface area (Å²) in [5, 5.41) is 11.4. The number of rotatable bonds is 4. The lowest BCUT2D eigenvalue weighted by molar-refractivity contribution is 0.297. The maximum absolute atomic E-state index is 13.0.